The minimum atomic E-state index is 0.0801. The highest BCUT2D eigenvalue weighted by Gasteiger charge is 2.48. The first-order valence-corrected chi connectivity index (χ1v) is 9.32. The first kappa shape index (κ1) is 17.2. The van der Waals surface area contributed by atoms with Gasteiger partial charge in [-0.1, -0.05) is 0 Å². The van der Waals surface area contributed by atoms with Gasteiger partial charge in [-0.15, -0.1) is 0 Å². The maximum atomic E-state index is 12.1. The molecule has 1 saturated heterocycles. The molecule has 2 fully saturated rings. The van der Waals surface area contributed by atoms with Crippen LogP contribution < -0.4 is 10.2 Å². The van der Waals surface area contributed by atoms with Crippen LogP contribution in [0.15, 0.2) is 12.5 Å². The molecule has 1 aliphatic heterocycles. The number of piperidine rings is 1. The average molecular weight is 358 g/mol. The molecule has 0 aromatic carbocycles. The van der Waals surface area contributed by atoms with Crippen LogP contribution in [0.25, 0.3) is 11.0 Å². The molecule has 4 rings (SSSR count). The number of aromatic nitrogens is 4. The van der Waals surface area contributed by atoms with Gasteiger partial charge in [0.25, 0.3) is 0 Å². The lowest BCUT2D eigenvalue weighted by Gasteiger charge is -2.55. The van der Waals surface area contributed by atoms with Crippen LogP contribution in [0.4, 0.5) is 5.82 Å². The van der Waals surface area contributed by atoms with E-state index in [2.05, 4.69) is 25.3 Å². The summed E-state index contributed by atoms with van der Waals surface area (Å²) in [4.78, 5) is 23.5. The molecule has 140 valence electrons. The Bertz CT molecular complexity index is 800. The van der Waals surface area contributed by atoms with Gasteiger partial charge in [0.05, 0.1) is 18.2 Å². The summed E-state index contributed by atoms with van der Waals surface area (Å²) in [5.41, 5.74) is 0.952. The topological polar surface area (TPSA) is 85.2 Å². The highest BCUT2D eigenvalue weighted by atomic mass is 16.5. The Morgan fingerprint density at radius 2 is 2.27 bits per heavy atom. The molecule has 8 heteroatoms. The summed E-state index contributed by atoms with van der Waals surface area (Å²) in [5, 5.41) is 8.54. The quantitative estimate of drug-likeness (QED) is 0.870. The molecular formula is C18H26N6O2. The summed E-state index contributed by atoms with van der Waals surface area (Å²) in [6, 6.07) is 0.224. The predicted molar refractivity (Wildman–Crippen MR) is 97.9 cm³/mol. The van der Waals surface area contributed by atoms with Crippen LogP contribution in [0.5, 0.6) is 0 Å². The molecule has 1 amide bonds. The van der Waals surface area contributed by atoms with Crippen LogP contribution >= 0.6 is 0 Å². The third kappa shape index (κ3) is 2.92. The van der Waals surface area contributed by atoms with Crippen molar-refractivity contribution < 1.29 is 9.53 Å². The number of aryl methyl sites for hydroxylation is 1. The summed E-state index contributed by atoms with van der Waals surface area (Å²) in [6.07, 6.45) is 9.31. The maximum Gasteiger partial charge on any atom is 0.222 e. The van der Waals surface area contributed by atoms with Crippen molar-refractivity contribution in [1.82, 2.24) is 25.1 Å². The zero-order valence-corrected chi connectivity index (χ0v) is 15.4. The molecule has 26 heavy (non-hydrogen) atoms. The standard InChI is InChI=1S/C18H26N6O2/c1-23-16-14(11-21-23)17(20-12-19-16)24-8-4-13(10-18(24)6-3-7-18)22-15(25)5-9-26-2/h11-13H,3-10H2,1-2H3,(H,22,25). The monoisotopic (exact) mass is 358 g/mol. The van der Waals surface area contributed by atoms with Crippen LogP contribution in [-0.2, 0) is 16.6 Å². The van der Waals surface area contributed by atoms with Crippen molar-refractivity contribution in [1.29, 1.82) is 0 Å². The van der Waals surface area contributed by atoms with Crippen LogP contribution in [-0.4, -0.2) is 57.5 Å². The number of hydrogen-bond acceptors (Lipinski definition) is 6. The van der Waals surface area contributed by atoms with E-state index < -0.39 is 0 Å². The zero-order valence-electron chi connectivity index (χ0n) is 15.4. The molecule has 0 bridgehead atoms. The minimum absolute atomic E-state index is 0.0801. The molecular weight excluding hydrogens is 332 g/mol. The molecule has 3 heterocycles. The Balaban J connectivity index is 1.54. The summed E-state index contributed by atoms with van der Waals surface area (Å²) in [5.74, 6) is 1.06. The summed E-state index contributed by atoms with van der Waals surface area (Å²) in [7, 11) is 3.52. The van der Waals surface area contributed by atoms with E-state index in [4.69, 9.17) is 4.74 Å². The Hall–Kier alpha value is -2.22. The van der Waals surface area contributed by atoms with Gasteiger partial charge in [-0.05, 0) is 32.1 Å². The number of carbonyl (C=O) groups is 1. The van der Waals surface area contributed by atoms with E-state index in [-0.39, 0.29) is 17.5 Å². The largest absolute Gasteiger partial charge is 0.384 e. The number of hydrogen-bond donors (Lipinski definition) is 1. The number of amides is 1. The van der Waals surface area contributed by atoms with E-state index in [1.807, 2.05) is 13.2 Å². The van der Waals surface area contributed by atoms with Crippen molar-refractivity contribution in [3.63, 3.8) is 0 Å². The van der Waals surface area contributed by atoms with E-state index in [0.717, 1.165) is 49.1 Å². The van der Waals surface area contributed by atoms with Gasteiger partial charge in [0.1, 0.15) is 12.1 Å². The SMILES string of the molecule is COCCC(=O)NC1CCN(c2ncnc3c2cnn3C)C2(CCC2)C1. The second kappa shape index (κ2) is 6.83. The second-order valence-corrected chi connectivity index (χ2v) is 7.43. The van der Waals surface area contributed by atoms with E-state index in [9.17, 15) is 4.79 Å². The maximum absolute atomic E-state index is 12.1. The fourth-order valence-electron chi connectivity index (χ4n) is 4.37. The van der Waals surface area contributed by atoms with Crippen molar-refractivity contribution in [2.45, 2.75) is 50.1 Å². The fraction of sp³-hybridized carbons (Fsp3) is 0.667. The average Bonchev–Trinajstić information content (AvgIpc) is 3.00. The van der Waals surface area contributed by atoms with E-state index >= 15 is 0 Å². The number of nitrogens with zero attached hydrogens (tertiary/aromatic N) is 5. The molecule has 1 atom stereocenters. The first-order valence-electron chi connectivity index (χ1n) is 9.32. The Morgan fingerprint density at radius 3 is 3.00 bits per heavy atom. The summed E-state index contributed by atoms with van der Waals surface area (Å²) >= 11 is 0. The number of rotatable bonds is 5. The van der Waals surface area contributed by atoms with Crippen LogP contribution in [0.2, 0.25) is 0 Å². The van der Waals surface area contributed by atoms with Gasteiger partial charge >= 0.3 is 0 Å². The molecule has 1 aliphatic carbocycles. The van der Waals surface area contributed by atoms with Crippen molar-refractivity contribution in [3.05, 3.63) is 12.5 Å². The predicted octanol–water partition coefficient (Wildman–Crippen LogP) is 1.41. The lowest BCUT2D eigenvalue weighted by molar-refractivity contribution is -0.123. The van der Waals surface area contributed by atoms with E-state index in [0.29, 0.717) is 13.0 Å². The number of fused-ring (bicyclic) bond motifs is 1. The smallest absolute Gasteiger partial charge is 0.222 e. The number of ether oxygens (including phenoxy) is 1. The van der Waals surface area contributed by atoms with Gasteiger partial charge in [-0.2, -0.15) is 5.10 Å². The highest BCUT2D eigenvalue weighted by molar-refractivity contribution is 5.87. The molecule has 0 radical (unpaired) electrons. The molecule has 2 aromatic heterocycles. The number of nitrogens with one attached hydrogen (secondary N) is 1. The normalized spacial score (nSPS) is 21.8. The number of carbonyl (C=O) groups excluding carboxylic acids is 1. The van der Waals surface area contributed by atoms with Crippen LogP contribution in [0.3, 0.4) is 0 Å². The molecule has 8 nitrogen and oxygen atoms in total. The Morgan fingerprint density at radius 1 is 1.42 bits per heavy atom. The van der Waals surface area contributed by atoms with E-state index in [1.54, 1.807) is 18.1 Å². The highest BCUT2D eigenvalue weighted by Crippen LogP contribution is 2.47. The van der Waals surface area contributed by atoms with Gasteiger partial charge in [0.2, 0.25) is 5.91 Å². The lowest BCUT2D eigenvalue weighted by atomic mass is 9.68. The van der Waals surface area contributed by atoms with Gasteiger partial charge < -0.3 is 15.0 Å². The molecule has 2 aromatic rings. The minimum Gasteiger partial charge on any atom is -0.384 e. The third-order valence-corrected chi connectivity index (χ3v) is 5.85. The van der Waals surface area contributed by atoms with Gasteiger partial charge in [-0.25, -0.2) is 9.97 Å². The molecule has 1 N–H and O–H groups in total. The lowest BCUT2D eigenvalue weighted by Crippen LogP contribution is -2.62. The van der Waals surface area contributed by atoms with Crippen LogP contribution in [0.1, 0.15) is 38.5 Å². The summed E-state index contributed by atoms with van der Waals surface area (Å²) in [6.45, 7) is 1.35. The molecule has 1 unspecified atom stereocenters. The fourth-order valence-corrected chi connectivity index (χ4v) is 4.37. The molecule has 1 spiro atoms. The number of anilines is 1. The van der Waals surface area contributed by atoms with Crippen molar-refractivity contribution in [2.24, 2.45) is 7.05 Å². The van der Waals surface area contributed by atoms with E-state index in [1.165, 1.54) is 6.42 Å². The van der Waals surface area contributed by atoms with Gasteiger partial charge in [-0.3, -0.25) is 9.48 Å². The summed E-state index contributed by atoms with van der Waals surface area (Å²) < 4.78 is 6.79. The Labute approximate surface area is 152 Å². The molecule has 2 aliphatic rings. The molecule has 1 saturated carbocycles. The van der Waals surface area contributed by atoms with Gasteiger partial charge in [0.15, 0.2) is 5.65 Å². The second-order valence-electron chi connectivity index (χ2n) is 7.43. The van der Waals surface area contributed by atoms with Crippen LogP contribution in [0, 0.1) is 0 Å². The van der Waals surface area contributed by atoms with Crippen molar-refractivity contribution >= 4 is 22.8 Å². The van der Waals surface area contributed by atoms with Crippen molar-refractivity contribution in [3.8, 4) is 0 Å². The number of methoxy groups -OCH3 is 1. The zero-order chi connectivity index (χ0) is 18.1. The third-order valence-electron chi connectivity index (χ3n) is 5.85. The Kier molecular flexibility index (Phi) is 4.52. The first-order chi connectivity index (χ1) is 12.6. The van der Waals surface area contributed by atoms with Crippen molar-refractivity contribution in [2.75, 3.05) is 25.2 Å². The van der Waals surface area contributed by atoms with Gasteiger partial charge in [0, 0.05) is 38.7 Å².